The topological polar surface area (TPSA) is 58.2 Å². The van der Waals surface area contributed by atoms with Crippen LogP contribution >= 0.6 is 23.2 Å². The van der Waals surface area contributed by atoms with E-state index in [0.717, 1.165) is 12.0 Å². The molecule has 0 aliphatic carbocycles. The third-order valence-corrected chi connectivity index (χ3v) is 4.45. The first-order valence-corrected chi connectivity index (χ1v) is 9.33. The van der Waals surface area contributed by atoms with Crippen molar-refractivity contribution in [3.8, 4) is 0 Å². The smallest absolute Gasteiger partial charge is 0.251 e. The molecule has 0 radical (unpaired) electrons. The van der Waals surface area contributed by atoms with E-state index in [1.807, 2.05) is 31.2 Å². The molecule has 0 saturated heterocycles. The Morgan fingerprint density at radius 3 is 2.42 bits per heavy atom. The monoisotopic (exact) mass is 392 g/mol. The Morgan fingerprint density at radius 2 is 1.77 bits per heavy atom. The van der Waals surface area contributed by atoms with Gasteiger partial charge in [0.1, 0.15) is 0 Å². The second kappa shape index (κ2) is 10.2. The zero-order chi connectivity index (χ0) is 18.9. The Morgan fingerprint density at radius 1 is 1.04 bits per heavy atom. The normalized spacial score (nSPS) is 11.7. The summed E-state index contributed by atoms with van der Waals surface area (Å²) >= 11 is 11.8. The number of amides is 2. The summed E-state index contributed by atoms with van der Waals surface area (Å²) < 4.78 is 0. The highest BCUT2D eigenvalue weighted by Gasteiger charge is 2.13. The van der Waals surface area contributed by atoms with E-state index in [2.05, 4.69) is 10.6 Å². The first-order chi connectivity index (χ1) is 12.5. The number of rotatable bonds is 8. The molecule has 0 spiro atoms. The minimum atomic E-state index is -0.174. The summed E-state index contributed by atoms with van der Waals surface area (Å²) in [5.74, 6) is -0.218. The summed E-state index contributed by atoms with van der Waals surface area (Å²) in [7, 11) is 0. The third kappa shape index (κ3) is 6.36. The van der Waals surface area contributed by atoms with Crippen molar-refractivity contribution in [2.45, 2.75) is 32.2 Å². The molecule has 0 fully saturated rings. The predicted octanol–water partition coefficient (Wildman–Crippen LogP) is 4.77. The van der Waals surface area contributed by atoms with E-state index < -0.39 is 0 Å². The molecule has 0 aliphatic rings. The molecule has 2 amide bonds. The van der Waals surface area contributed by atoms with Crippen molar-refractivity contribution in [1.82, 2.24) is 10.6 Å². The van der Waals surface area contributed by atoms with Gasteiger partial charge < -0.3 is 10.6 Å². The van der Waals surface area contributed by atoms with Crippen LogP contribution in [0, 0.1) is 0 Å². The van der Waals surface area contributed by atoms with Crippen molar-refractivity contribution < 1.29 is 9.59 Å². The van der Waals surface area contributed by atoms with Crippen molar-refractivity contribution in [2.75, 3.05) is 6.54 Å². The fourth-order valence-electron chi connectivity index (χ4n) is 2.57. The molecule has 6 heteroatoms. The maximum Gasteiger partial charge on any atom is 0.251 e. The fourth-order valence-corrected chi connectivity index (χ4v) is 2.89. The van der Waals surface area contributed by atoms with Gasteiger partial charge in [0.2, 0.25) is 5.91 Å². The Bertz CT molecular complexity index is 748. The molecule has 2 rings (SSSR count). The Labute approximate surface area is 163 Å². The minimum absolute atomic E-state index is 0.0439. The number of benzene rings is 2. The summed E-state index contributed by atoms with van der Waals surface area (Å²) in [6.07, 6.45) is 1.69. The van der Waals surface area contributed by atoms with Gasteiger partial charge in [-0.2, -0.15) is 0 Å². The summed E-state index contributed by atoms with van der Waals surface area (Å²) in [6, 6.07) is 14.1. The summed E-state index contributed by atoms with van der Waals surface area (Å²) in [5, 5.41) is 7.05. The average molecular weight is 393 g/mol. The van der Waals surface area contributed by atoms with Crippen LogP contribution in [0.5, 0.6) is 0 Å². The summed E-state index contributed by atoms with van der Waals surface area (Å²) in [4.78, 5) is 24.1. The van der Waals surface area contributed by atoms with Gasteiger partial charge in [0, 0.05) is 28.6 Å². The van der Waals surface area contributed by atoms with E-state index in [1.54, 1.807) is 24.3 Å². The molecule has 2 aromatic carbocycles. The van der Waals surface area contributed by atoms with E-state index >= 15 is 0 Å². The Hall–Kier alpha value is -2.04. The zero-order valence-electron chi connectivity index (χ0n) is 14.6. The molecule has 138 valence electrons. The molecule has 4 nitrogen and oxygen atoms in total. The fraction of sp³-hybridized carbons (Fsp3) is 0.300. The van der Waals surface area contributed by atoms with E-state index in [0.29, 0.717) is 35.0 Å². The van der Waals surface area contributed by atoms with Crippen LogP contribution in [0.4, 0.5) is 0 Å². The minimum Gasteiger partial charge on any atom is -0.352 e. The van der Waals surface area contributed by atoms with E-state index in [-0.39, 0.29) is 17.9 Å². The van der Waals surface area contributed by atoms with Gasteiger partial charge in [0.25, 0.3) is 5.91 Å². The molecule has 0 heterocycles. The van der Waals surface area contributed by atoms with Crippen LogP contribution in [0.1, 0.15) is 48.1 Å². The number of nitrogens with one attached hydrogen (secondary N) is 2. The summed E-state index contributed by atoms with van der Waals surface area (Å²) in [6.45, 7) is 2.45. The largest absolute Gasteiger partial charge is 0.352 e. The number of halogens is 2. The zero-order valence-corrected chi connectivity index (χ0v) is 16.1. The molecule has 0 aromatic heterocycles. The van der Waals surface area contributed by atoms with Gasteiger partial charge in [-0.3, -0.25) is 9.59 Å². The van der Waals surface area contributed by atoms with E-state index in [1.165, 1.54) is 0 Å². The van der Waals surface area contributed by atoms with Gasteiger partial charge in [0.05, 0.1) is 6.04 Å². The average Bonchev–Trinajstić information content (AvgIpc) is 2.63. The Balaban J connectivity index is 1.74. The molecule has 1 atom stereocenters. The molecular weight excluding hydrogens is 371 g/mol. The molecule has 0 bridgehead atoms. The molecule has 0 aliphatic heterocycles. The van der Waals surface area contributed by atoms with E-state index in [9.17, 15) is 9.59 Å². The lowest BCUT2D eigenvalue weighted by molar-refractivity contribution is -0.122. The van der Waals surface area contributed by atoms with Gasteiger partial charge in [-0.15, -0.1) is 0 Å². The number of carbonyl (C=O) groups is 2. The van der Waals surface area contributed by atoms with Gasteiger partial charge in [-0.25, -0.2) is 0 Å². The van der Waals surface area contributed by atoms with Crippen LogP contribution in [0.15, 0.2) is 48.5 Å². The SMILES string of the molecule is CCC(NC(=O)CCCNC(=O)c1ccc(Cl)cc1)c1cccc(Cl)c1. The maximum atomic E-state index is 12.2. The molecule has 0 saturated carbocycles. The van der Waals surface area contributed by atoms with Crippen molar-refractivity contribution in [3.05, 3.63) is 69.7 Å². The van der Waals surface area contributed by atoms with Crippen molar-refractivity contribution in [2.24, 2.45) is 0 Å². The predicted molar refractivity (Wildman–Crippen MR) is 106 cm³/mol. The molecule has 26 heavy (non-hydrogen) atoms. The van der Waals surface area contributed by atoms with Crippen LogP contribution in [-0.4, -0.2) is 18.4 Å². The second-order valence-electron chi connectivity index (χ2n) is 5.95. The Kier molecular flexibility index (Phi) is 7.95. The van der Waals surface area contributed by atoms with Crippen LogP contribution in [0.25, 0.3) is 0 Å². The maximum absolute atomic E-state index is 12.2. The third-order valence-electron chi connectivity index (χ3n) is 3.97. The highest BCUT2D eigenvalue weighted by Crippen LogP contribution is 2.20. The van der Waals surface area contributed by atoms with Crippen LogP contribution < -0.4 is 10.6 Å². The molecule has 1 unspecified atom stereocenters. The van der Waals surface area contributed by atoms with Crippen LogP contribution in [0.3, 0.4) is 0 Å². The van der Waals surface area contributed by atoms with Crippen molar-refractivity contribution in [1.29, 1.82) is 0 Å². The first-order valence-electron chi connectivity index (χ1n) is 8.58. The first kappa shape index (κ1) is 20.3. The number of carbonyl (C=O) groups excluding carboxylic acids is 2. The molecule has 2 aromatic rings. The number of hydrogen-bond acceptors (Lipinski definition) is 2. The second-order valence-corrected chi connectivity index (χ2v) is 6.82. The van der Waals surface area contributed by atoms with E-state index in [4.69, 9.17) is 23.2 Å². The lowest BCUT2D eigenvalue weighted by Gasteiger charge is -2.17. The standard InChI is InChI=1S/C20H22Cl2N2O2/c1-2-18(15-5-3-6-17(22)13-15)24-19(25)7-4-12-23-20(26)14-8-10-16(21)11-9-14/h3,5-6,8-11,13,18H,2,4,7,12H2,1H3,(H,23,26)(H,24,25). The molecular formula is C20H22Cl2N2O2. The molecule has 2 N–H and O–H groups in total. The van der Waals surface area contributed by atoms with Crippen molar-refractivity contribution in [3.63, 3.8) is 0 Å². The highest BCUT2D eigenvalue weighted by atomic mass is 35.5. The van der Waals surface area contributed by atoms with Crippen LogP contribution in [-0.2, 0) is 4.79 Å². The van der Waals surface area contributed by atoms with Gasteiger partial charge in [0.15, 0.2) is 0 Å². The number of hydrogen-bond donors (Lipinski definition) is 2. The van der Waals surface area contributed by atoms with Crippen molar-refractivity contribution >= 4 is 35.0 Å². The van der Waals surface area contributed by atoms with Gasteiger partial charge >= 0.3 is 0 Å². The van der Waals surface area contributed by atoms with Gasteiger partial charge in [-0.05, 0) is 54.8 Å². The highest BCUT2D eigenvalue weighted by molar-refractivity contribution is 6.30. The van der Waals surface area contributed by atoms with Crippen LogP contribution in [0.2, 0.25) is 10.0 Å². The lowest BCUT2D eigenvalue weighted by atomic mass is 10.0. The summed E-state index contributed by atoms with van der Waals surface area (Å²) in [5.41, 5.74) is 1.54. The quantitative estimate of drug-likeness (QED) is 0.635. The van der Waals surface area contributed by atoms with Gasteiger partial charge in [-0.1, -0.05) is 42.3 Å². The lowest BCUT2D eigenvalue weighted by Crippen LogP contribution is -2.30.